The highest BCUT2D eigenvalue weighted by Crippen LogP contribution is 2.29. The van der Waals surface area contributed by atoms with Gasteiger partial charge in [-0.2, -0.15) is 5.26 Å². The maximum Gasteiger partial charge on any atom is 0.314 e. The largest absolute Gasteiger partial charge is 0.466 e. The Hall–Kier alpha value is -2.88. The summed E-state index contributed by atoms with van der Waals surface area (Å²) >= 11 is 0. The fourth-order valence-corrected chi connectivity index (χ4v) is 2.53. The number of rotatable bonds is 8. The Labute approximate surface area is 152 Å². The summed E-state index contributed by atoms with van der Waals surface area (Å²) in [5.41, 5.74) is 0.526. The van der Waals surface area contributed by atoms with E-state index in [2.05, 4.69) is 0 Å². The Morgan fingerprint density at radius 3 is 2.46 bits per heavy atom. The Balaban J connectivity index is 2.03. The summed E-state index contributed by atoms with van der Waals surface area (Å²) in [5, 5.41) is 8.77. The lowest BCUT2D eigenvalue weighted by atomic mass is 9.86. The summed E-state index contributed by atoms with van der Waals surface area (Å²) in [6.45, 7) is 2.09. The molecule has 138 valence electrons. The number of hydrogen-bond donors (Lipinski definition) is 0. The van der Waals surface area contributed by atoms with Crippen molar-refractivity contribution in [2.45, 2.75) is 39.0 Å². The lowest BCUT2D eigenvalue weighted by Gasteiger charge is -2.24. The Kier molecular flexibility index (Phi) is 7.15. The molecule has 1 aromatic carbocycles. The molecule has 0 saturated heterocycles. The lowest BCUT2D eigenvalue weighted by Crippen LogP contribution is -2.33. The molecule has 2 rings (SSSR count). The second-order valence-electron chi connectivity index (χ2n) is 5.98. The number of anilines is 1. The van der Waals surface area contributed by atoms with Gasteiger partial charge in [0.25, 0.3) is 0 Å². The fraction of sp³-hybridized carbons (Fsp3) is 0.474. The van der Waals surface area contributed by atoms with E-state index in [0.717, 1.165) is 19.3 Å². The molecule has 7 nitrogen and oxygen atoms in total. The van der Waals surface area contributed by atoms with E-state index in [4.69, 9.17) is 14.7 Å². The maximum absolute atomic E-state index is 12.2. The van der Waals surface area contributed by atoms with Crippen LogP contribution >= 0.6 is 0 Å². The van der Waals surface area contributed by atoms with Crippen LogP contribution in [0.2, 0.25) is 0 Å². The van der Waals surface area contributed by atoms with Crippen molar-refractivity contribution in [2.24, 2.45) is 5.92 Å². The standard InChI is InChI=1S/C19H22N2O5/c1-2-25-18(23)11-13-21(17(22)10-12-20)15-6-8-16(9-7-15)26-19(24)14-4-3-5-14/h6-9,14H,2-5,10-11,13H2,1H3. The van der Waals surface area contributed by atoms with Crippen LogP contribution in [0.25, 0.3) is 0 Å². The molecule has 0 N–H and O–H groups in total. The molecular weight excluding hydrogens is 336 g/mol. The second kappa shape index (κ2) is 9.56. The summed E-state index contributed by atoms with van der Waals surface area (Å²) in [6.07, 6.45) is 2.52. The van der Waals surface area contributed by atoms with Crippen molar-refractivity contribution in [3.63, 3.8) is 0 Å². The van der Waals surface area contributed by atoms with Gasteiger partial charge in [0.15, 0.2) is 0 Å². The first-order valence-corrected chi connectivity index (χ1v) is 8.69. The number of carbonyl (C=O) groups is 3. The van der Waals surface area contributed by atoms with Crippen LogP contribution in [0.5, 0.6) is 5.75 Å². The number of amides is 1. The summed E-state index contributed by atoms with van der Waals surface area (Å²) < 4.78 is 10.2. The molecule has 1 fully saturated rings. The van der Waals surface area contributed by atoms with Gasteiger partial charge in [-0.1, -0.05) is 6.42 Å². The molecule has 0 aromatic heterocycles. The van der Waals surface area contributed by atoms with Crippen molar-refractivity contribution < 1.29 is 23.9 Å². The molecule has 1 aromatic rings. The Morgan fingerprint density at radius 1 is 1.23 bits per heavy atom. The van der Waals surface area contributed by atoms with E-state index in [0.29, 0.717) is 11.4 Å². The number of carbonyl (C=O) groups excluding carboxylic acids is 3. The number of nitriles is 1. The van der Waals surface area contributed by atoms with Crippen LogP contribution in [0.15, 0.2) is 24.3 Å². The van der Waals surface area contributed by atoms with Gasteiger partial charge in [-0.05, 0) is 44.0 Å². The average molecular weight is 358 g/mol. The average Bonchev–Trinajstić information content (AvgIpc) is 2.55. The monoisotopic (exact) mass is 358 g/mol. The molecular formula is C19H22N2O5. The van der Waals surface area contributed by atoms with Gasteiger partial charge < -0.3 is 14.4 Å². The Morgan fingerprint density at radius 2 is 1.92 bits per heavy atom. The van der Waals surface area contributed by atoms with Crippen LogP contribution in [0.1, 0.15) is 39.0 Å². The summed E-state index contributed by atoms with van der Waals surface area (Å²) in [6, 6.07) is 8.27. The van der Waals surface area contributed by atoms with Gasteiger partial charge in [0.2, 0.25) is 5.91 Å². The van der Waals surface area contributed by atoms with E-state index in [1.54, 1.807) is 31.2 Å². The van der Waals surface area contributed by atoms with Crippen molar-refractivity contribution in [2.75, 3.05) is 18.1 Å². The van der Waals surface area contributed by atoms with Crippen molar-refractivity contribution in [3.8, 4) is 11.8 Å². The first-order valence-electron chi connectivity index (χ1n) is 8.69. The molecule has 0 bridgehead atoms. The summed E-state index contributed by atoms with van der Waals surface area (Å²) in [4.78, 5) is 37.0. The topological polar surface area (TPSA) is 96.7 Å². The zero-order chi connectivity index (χ0) is 18.9. The predicted molar refractivity (Wildman–Crippen MR) is 93.3 cm³/mol. The molecule has 0 unspecified atom stereocenters. The highest BCUT2D eigenvalue weighted by atomic mass is 16.5. The molecule has 26 heavy (non-hydrogen) atoms. The van der Waals surface area contributed by atoms with Gasteiger partial charge in [0, 0.05) is 12.2 Å². The van der Waals surface area contributed by atoms with Crippen LogP contribution in [-0.4, -0.2) is 31.0 Å². The Bertz CT molecular complexity index is 689. The van der Waals surface area contributed by atoms with Crippen molar-refractivity contribution in [1.82, 2.24) is 0 Å². The molecule has 1 amide bonds. The molecule has 0 heterocycles. The summed E-state index contributed by atoms with van der Waals surface area (Å²) in [5.74, 6) is -0.662. The van der Waals surface area contributed by atoms with E-state index < -0.39 is 11.9 Å². The van der Waals surface area contributed by atoms with Crippen LogP contribution in [-0.2, 0) is 19.1 Å². The van der Waals surface area contributed by atoms with Gasteiger partial charge in [-0.3, -0.25) is 14.4 Å². The van der Waals surface area contributed by atoms with Gasteiger partial charge in [0.1, 0.15) is 12.2 Å². The number of ether oxygens (including phenoxy) is 2. The smallest absolute Gasteiger partial charge is 0.314 e. The molecule has 0 spiro atoms. The van der Waals surface area contributed by atoms with Gasteiger partial charge in [-0.15, -0.1) is 0 Å². The molecule has 0 radical (unpaired) electrons. The fourth-order valence-electron chi connectivity index (χ4n) is 2.53. The maximum atomic E-state index is 12.2. The molecule has 1 aliphatic carbocycles. The normalized spacial score (nSPS) is 13.2. The predicted octanol–water partition coefficient (Wildman–Crippen LogP) is 2.59. The molecule has 0 atom stereocenters. The second-order valence-corrected chi connectivity index (χ2v) is 5.98. The lowest BCUT2D eigenvalue weighted by molar-refractivity contribution is -0.143. The van der Waals surface area contributed by atoms with Crippen LogP contribution in [0.3, 0.4) is 0 Å². The van der Waals surface area contributed by atoms with Crippen LogP contribution in [0, 0.1) is 17.2 Å². The minimum absolute atomic E-state index is 0.0204. The van der Waals surface area contributed by atoms with Gasteiger partial charge in [-0.25, -0.2) is 0 Å². The third-order valence-corrected chi connectivity index (χ3v) is 4.18. The molecule has 7 heteroatoms. The zero-order valence-corrected chi connectivity index (χ0v) is 14.8. The zero-order valence-electron chi connectivity index (χ0n) is 14.8. The SMILES string of the molecule is CCOC(=O)CCN(C(=O)CC#N)c1ccc(OC(=O)C2CCC2)cc1. The van der Waals surface area contributed by atoms with E-state index in [1.807, 2.05) is 6.07 Å². The molecule has 0 aliphatic heterocycles. The third-order valence-electron chi connectivity index (χ3n) is 4.18. The van der Waals surface area contributed by atoms with Crippen LogP contribution < -0.4 is 9.64 Å². The third kappa shape index (κ3) is 5.31. The minimum Gasteiger partial charge on any atom is -0.466 e. The quantitative estimate of drug-likeness (QED) is 0.523. The number of hydrogen-bond acceptors (Lipinski definition) is 6. The number of nitrogens with zero attached hydrogens (tertiary/aromatic N) is 2. The molecule has 1 aliphatic rings. The summed E-state index contributed by atoms with van der Waals surface area (Å²) in [7, 11) is 0. The van der Waals surface area contributed by atoms with Crippen LogP contribution in [0.4, 0.5) is 5.69 Å². The minimum atomic E-state index is -0.409. The molecule has 1 saturated carbocycles. The van der Waals surface area contributed by atoms with E-state index in [-0.39, 0.29) is 37.9 Å². The van der Waals surface area contributed by atoms with E-state index in [1.165, 1.54) is 4.90 Å². The highest BCUT2D eigenvalue weighted by Gasteiger charge is 2.27. The number of benzene rings is 1. The first kappa shape index (κ1) is 19.4. The number of esters is 2. The van der Waals surface area contributed by atoms with Crippen molar-refractivity contribution in [1.29, 1.82) is 5.26 Å². The highest BCUT2D eigenvalue weighted by molar-refractivity contribution is 5.95. The van der Waals surface area contributed by atoms with Gasteiger partial charge in [0.05, 0.1) is 25.0 Å². The van der Waals surface area contributed by atoms with E-state index >= 15 is 0 Å². The van der Waals surface area contributed by atoms with Gasteiger partial charge >= 0.3 is 11.9 Å². The van der Waals surface area contributed by atoms with Crippen molar-refractivity contribution >= 4 is 23.5 Å². The first-order chi connectivity index (χ1) is 12.5. The van der Waals surface area contributed by atoms with E-state index in [9.17, 15) is 14.4 Å². The van der Waals surface area contributed by atoms with Crippen molar-refractivity contribution in [3.05, 3.63) is 24.3 Å².